The van der Waals surface area contributed by atoms with Gasteiger partial charge < -0.3 is 4.74 Å². The number of ether oxygens (including phenoxy) is 1. The van der Waals surface area contributed by atoms with Crippen molar-refractivity contribution < 1.29 is 4.74 Å². The molecule has 4 heteroatoms. The molecule has 0 bridgehead atoms. The average molecular weight is 287 g/mol. The zero-order valence-corrected chi connectivity index (χ0v) is 12.0. The molecule has 0 aliphatic rings. The van der Waals surface area contributed by atoms with Crippen molar-refractivity contribution in [1.82, 2.24) is 9.55 Å². The Kier molecular flexibility index (Phi) is 3.61. The van der Waals surface area contributed by atoms with Gasteiger partial charge in [-0.05, 0) is 31.2 Å². The number of fused-ring (bicyclic) bond motifs is 1. The number of hydrogen-bond donors (Lipinski definition) is 0. The van der Waals surface area contributed by atoms with Crippen LogP contribution in [0.1, 0.15) is 12.7 Å². The summed E-state index contributed by atoms with van der Waals surface area (Å²) in [6.07, 6.45) is 0. The summed E-state index contributed by atoms with van der Waals surface area (Å²) in [6.45, 7) is 2.62. The normalized spacial score (nSPS) is 10.9. The highest BCUT2D eigenvalue weighted by Gasteiger charge is 2.11. The molecular weight excluding hydrogens is 272 g/mol. The Morgan fingerprint density at radius 3 is 2.80 bits per heavy atom. The number of imidazole rings is 1. The molecule has 0 atom stereocenters. The Morgan fingerprint density at radius 1 is 1.15 bits per heavy atom. The van der Waals surface area contributed by atoms with Gasteiger partial charge in [-0.15, -0.1) is 11.6 Å². The van der Waals surface area contributed by atoms with Gasteiger partial charge in [-0.2, -0.15) is 0 Å². The van der Waals surface area contributed by atoms with Crippen molar-refractivity contribution in [3.8, 4) is 11.4 Å². The van der Waals surface area contributed by atoms with E-state index in [1.807, 2.05) is 55.5 Å². The van der Waals surface area contributed by atoms with Crippen LogP contribution in [0, 0.1) is 0 Å². The molecule has 0 saturated heterocycles. The molecule has 1 heterocycles. The van der Waals surface area contributed by atoms with Gasteiger partial charge in [0.2, 0.25) is 0 Å². The fraction of sp³-hybridized carbons (Fsp3) is 0.188. The Bertz CT molecular complexity index is 736. The number of alkyl halides is 1. The standard InChI is InChI=1S/C16H15ClN2O/c1-2-20-13-7-5-6-12(10-13)19-15-9-4-3-8-14(15)18-16(19)11-17/h3-10H,2,11H2,1H3. The maximum Gasteiger partial charge on any atom is 0.129 e. The molecular formula is C16H15ClN2O. The minimum Gasteiger partial charge on any atom is -0.494 e. The maximum atomic E-state index is 6.04. The van der Waals surface area contributed by atoms with Crippen molar-refractivity contribution in [3.63, 3.8) is 0 Å². The van der Waals surface area contributed by atoms with Crippen LogP contribution in [0.5, 0.6) is 5.75 Å². The molecule has 3 aromatic rings. The van der Waals surface area contributed by atoms with E-state index >= 15 is 0 Å². The second-order valence-electron chi connectivity index (χ2n) is 4.42. The highest BCUT2D eigenvalue weighted by Crippen LogP contribution is 2.25. The van der Waals surface area contributed by atoms with Crippen LogP contribution >= 0.6 is 11.6 Å². The topological polar surface area (TPSA) is 27.1 Å². The zero-order chi connectivity index (χ0) is 13.9. The molecule has 0 saturated carbocycles. The molecule has 0 fully saturated rings. The number of halogens is 1. The lowest BCUT2D eigenvalue weighted by molar-refractivity contribution is 0.340. The molecule has 1 aromatic heterocycles. The van der Waals surface area contributed by atoms with Gasteiger partial charge in [0.25, 0.3) is 0 Å². The highest BCUT2D eigenvalue weighted by atomic mass is 35.5. The van der Waals surface area contributed by atoms with Crippen LogP contribution in [0.3, 0.4) is 0 Å². The third-order valence-corrected chi connectivity index (χ3v) is 3.38. The Morgan fingerprint density at radius 2 is 2.00 bits per heavy atom. The SMILES string of the molecule is CCOc1cccc(-n2c(CCl)nc3ccccc32)c1. The van der Waals surface area contributed by atoms with Crippen molar-refractivity contribution in [2.75, 3.05) is 6.61 Å². The van der Waals surface area contributed by atoms with Crippen molar-refractivity contribution in [3.05, 3.63) is 54.4 Å². The minimum absolute atomic E-state index is 0.369. The summed E-state index contributed by atoms with van der Waals surface area (Å²) >= 11 is 6.04. The summed E-state index contributed by atoms with van der Waals surface area (Å²) in [5.41, 5.74) is 3.02. The van der Waals surface area contributed by atoms with Crippen LogP contribution in [0.4, 0.5) is 0 Å². The van der Waals surface area contributed by atoms with Gasteiger partial charge in [0.15, 0.2) is 0 Å². The molecule has 3 rings (SSSR count). The number of aromatic nitrogens is 2. The monoisotopic (exact) mass is 286 g/mol. The molecule has 2 aromatic carbocycles. The number of hydrogen-bond acceptors (Lipinski definition) is 2. The zero-order valence-electron chi connectivity index (χ0n) is 11.2. The van der Waals surface area contributed by atoms with Gasteiger partial charge in [0, 0.05) is 6.07 Å². The summed E-state index contributed by atoms with van der Waals surface area (Å²) in [6, 6.07) is 16.0. The van der Waals surface area contributed by atoms with Crippen LogP contribution in [-0.4, -0.2) is 16.2 Å². The number of benzene rings is 2. The van der Waals surface area contributed by atoms with E-state index in [9.17, 15) is 0 Å². The summed E-state index contributed by atoms with van der Waals surface area (Å²) in [4.78, 5) is 4.57. The fourth-order valence-electron chi connectivity index (χ4n) is 2.33. The molecule has 0 aliphatic carbocycles. The van der Waals surface area contributed by atoms with Crippen molar-refractivity contribution in [2.45, 2.75) is 12.8 Å². The fourth-order valence-corrected chi connectivity index (χ4v) is 2.51. The summed E-state index contributed by atoms with van der Waals surface area (Å²) in [5, 5.41) is 0. The predicted octanol–water partition coefficient (Wildman–Crippen LogP) is 4.16. The number of nitrogens with zero attached hydrogens (tertiary/aromatic N) is 2. The Labute approximate surface area is 122 Å². The first-order valence-corrected chi connectivity index (χ1v) is 7.12. The minimum atomic E-state index is 0.369. The molecule has 0 aliphatic heterocycles. The van der Waals surface area contributed by atoms with Crippen LogP contribution in [0.15, 0.2) is 48.5 Å². The molecule has 20 heavy (non-hydrogen) atoms. The third kappa shape index (κ3) is 2.25. The van der Waals surface area contributed by atoms with Gasteiger partial charge in [-0.3, -0.25) is 4.57 Å². The first-order valence-electron chi connectivity index (χ1n) is 6.59. The van der Waals surface area contributed by atoms with Gasteiger partial charge in [-0.1, -0.05) is 18.2 Å². The molecule has 0 spiro atoms. The predicted molar refractivity (Wildman–Crippen MR) is 81.8 cm³/mol. The smallest absolute Gasteiger partial charge is 0.129 e. The summed E-state index contributed by atoms with van der Waals surface area (Å²) in [7, 11) is 0. The van der Waals surface area contributed by atoms with E-state index < -0.39 is 0 Å². The summed E-state index contributed by atoms with van der Waals surface area (Å²) < 4.78 is 7.64. The molecule has 102 valence electrons. The second-order valence-corrected chi connectivity index (χ2v) is 4.68. The van der Waals surface area contributed by atoms with E-state index in [1.54, 1.807) is 0 Å². The third-order valence-electron chi connectivity index (χ3n) is 3.14. The molecule has 0 amide bonds. The largest absolute Gasteiger partial charge is 0.494 e. The van der Waals surface area contributed by atoms with E-state index in [2.05, 4.69) is 9.55 Å². The first-order chi connectivity index (χ1) is 9.83. The van der Waals surface area contributed by atoms with Gasteiger partial charge in [0.05, 0.1) is 29.2 Å². The molecule has 3 nitrogen and oxygen atoms in total. The van der Waals surface area contributed by atoms with Gasteiger partial charge >= 0.3 is 0 Å². The van der Waals surface area contributed by atoms with Crippen LogP contribution < -0.4 is 4.74 Å². The van der Waals surface area contributed by atoms with Gasteiger partial charge in [0.1, 0.15) is 11.6 Å². The van der Waals surface area contributed by atoms with Gasteiger partial charge in [-0.25, -0.2) is 4.98 Å². The van der Waals surface area contributed by atoms with Crippen LogP contribution in [-0.2, 0) is 5.88 Å². The van der Waals surface area contributed by atoms with Crippen molar-refractivity contribution in [2.24, 2.45) is 0 Å². The maximum absolute atomic E-state index is 6.04. The lowest BCUT2D eigenvalue weighted by atomic mass is 10.2. The van der Waals surface area contributed by atoms with E-state index in [4.69, 9.17) is 16.3 Å². The van der Waals surface area contributed by atoms with E-state index in [1.165, 1.54) is 0 Å². The molecule has 0 unspecified atom stereocenters. The van der Waals surface area contributed by atoms with E-state index in [-0.39, 0.29) is 0 Å². The van der Waals surface area contributed by atoms with Crippen molar-refractivity contribution >= 4 is 22.6 Å². The lowest BCUT2D eigenvalue weighted by Gasteiger charge is -2.10. The lowest BCUT2D eigenvalue weighted by Crippen LogP contribution is -2.00. The average Bonchev–Trinajstić information content (AvgIpc) is 2.86. The van der Waals surface area contributed by atoms with Crippen LogP contribution in [0.25, 0.3) is 16.7 Å². The number of para-hydroxylation sites is 2. The van der Waals surface area contributed by atoms with E-state index in [0.29, 0.717) is 12.5 Å². The second kappa shape index (κ2) is 5.55. The highest BCUT2D eigenvalue weighted by molar-refractivity contribution is 6.17. The molecule has 0 N–H and O–H groups in total. The first kappa shape index (κ1) is 13.0. The Hall–Kier alpha value is -2.00. The quantitative estimate of drug-likeness (QED) is 0.673. The summed E-state index contributed by atoms with van der Waals surface area (Å²) in [5.74, 6) is 2.05. The Balaban J connectivity index is 2.20. The van der Waals surface area contributed by atoms with E-state index in [0.717, 1.165) is 28.3 Å². The number of rotatable bonds is 4. The molecule has 0 radical (unpaired) electrons. The van der Waals surface area contributed by atoms with Crippen LogP contribution in [0.2, 0.25) is 0 Å². The van der Waals surface area contributed by atoms with Crippen molar-refractivity contribution in [1.29, 1.82) is 0 Å².